The Labute approximate surface area is 191 Å². The van der Waals surface area contributed by atoms with Crippen LogP contribution >= 0.6 is 26.8 Å². The summed E-state index contributed by atoms with van der Waals surface area (Å²) >= 11 is 6.26. The zero-order valence-electron chi connectivity index (χ0n) is 17.9. The maximum Gasteiger partial charge on any atom is 0.340 e. The quantitative estimate of drug-likeness (QED) is 0.329. The zero-order chi connectivity index (χ0) is 23.5. The van der Waals surface area contributed by atoms with Gasteiger partial charge >= 0.3 is 15.2 Å². The molecule has 2 aromatic heterocycles. The van der Waals surface area contributed by atoms with Crippen molar-refractivity contribution in [2.45, 2.75) is 57.1 Å². The lowest BCUT2D eigenvalue weighted by atomic mass is 10.0. The number of fused-ring (bicyclic) bond motifs is 1. The number of hydrogen-bond acceptors (Lipinski definition) is 7. The first-order valence-corrected chi connectivity index (χ1v) is 14.3. The normalized spacial score (nSPS) is 19.2. The highest BCUT2D eigenvalue weighted by atomic mass is 35.5. The van der Waals surface area contributed by atoms with Gasteiger partial charge in [0.25, 0.3) is 0 Å². The van der Waals surface area contributed by atoms with Crippen LogP contribution in [0.5, 0.6) is 0 Å². The summed E-state index contributed by atoms with van der Waals surface area (Å²) in [5.74, 6) is -0.784. The summed E-state index contributed by atoms with van der Waals surface area (Å²) in [6.45, 7) is 1.60. The van der Waals surface area contributed by atoms with Crippen LogP contribution in [0.15, 0.2) is 12.3 Å². The molecule has 0 aromatic carbocycles. The van der Waals surface area contributed by atoms with Gasteiger partial charge in [-0.05, 0) is 19.3 Å². The molecule has 3 atom stereocenters. The van der Waals surface area contributed by atoms with E-state index in [1.807, 2.05) is 6.92 Å². The van der Waals surface area contributed by atoms with Crippen LogP contribution in [0.1, 0.15) is 50.8 Å². The minimum absolute atomic E-state index is 0.184. The Kier molecular flexibility index (Phi) is 8.39. The SMILES string of the molecule is CO[C@H](COP(=O)(O)CP(=O)(O)O)CC(C)c1ncc2c(NC3CCCC3)cc(Cl)nn12. The molecule has 2 aromatic rings. The van der Waals surface area contributed by atoms with E-state index in [2.05, 4.69) is 15.4 Å². The third-order valence-electron chi connectivity index (χ3n) is 5.43. The number of anilines is 1. The van der Waals surface area contributed by atoms with E-state index in [4.69, 9.17) is 30.6 Å². The number of aromatic nitrogens is 3. The standard InChI is InChI=1S/C18H29ClN4O7P2/c1-12(7-14(29-2)10-30-32(27,28)11-31(24,25)26)18-20-9-16-15(8-17(19)22-23(16)18)21-13-5-3-4-6-13/h8-9,12-14,21H,3-7,10-11H2,1-2H3,(H,27,28)(H2,24,25,26)/t12?,14-/m0/s1. The predicted molar refractivity (Wildman–Crippen MR) is 120 cm³/mol. The van der Waals surface area contributed by atoms with Gasteiger partial charge in [-0.25, -0.2) is 9.50 Å². The second kappa shape index (κ2) is 10.5. The molecule has 0 saturated heterocycles. The van der Waals surface area contributed by atoms with Gasteiger partial charge in [0, 0.05) is 25.1 Å². The molecule has 1 aliphatic rings. The molecule has 0 aliphatic heterocycles. The van der Waals surface area contributed by atoms with E-state index in [1.54, 1.807) is 16.8 Å². The molecule has 2 unspecified atom stereocenters. The number of nitrogens with one attached hydrogen (secondary N) is 1. The molecular formula is C18H29ClN4O7P2. The molecule has 14 heteroatoms. The van der Waals surface area contributed by atoms with Gasteiger partial charge in [-0.3, -0.25) is 9.13 Å². The van der Waals surface area contributed by atoms with Crippen LogP contribution in [0.3, 0.4) is 0 Å². The van der Waals surface area contributed by atoms with Gasteiger partial charge in [0.2, 0.25) is 0 Å². The minimum atomic E-state index is -4.69. The lowest BCUT2D eigenvalue weighted by molar-refractivity contribution is 0.0437. The number of ether oxygens (including phenoxy) is 1. The molecule has 2 heterocycles. The Morgan fingerprint density at radius 1 is 1.31 bits per heavy atom. The van der Waals surface area contributed by atoms with Crippen molar-refractivity contribution in [3.05, 3.63) is 23.2 Å². The van der Waals surface area contributed by atoms with E-state index in [0.29, 0.717) is 23.4 Å². The molecule has 0 bridgehead atoms. The highest BCUT2D eigenvalue weighted by Gasteiger charge is 2.32. The van der Waals surface area contributed by atoms with Crippen molar-refractivity contribution >= 4 is 38.0 Å². The van der Waals surface area contributed by atoms with Gasteiger partial charge in [0.05, 0.1) is 24.6 Å². The molecular weight excluding hydrogens is 482 g/mol. The fraction of sp³-hybridized carbons (Fsp3) is 0.667. The van der Waals surface area contributed by atoms with E-state index >= 15 is 0 Å². The molecule has 180 valence electrons. The predicted octanol–water partition coefficient (Wildman–Crippen LogP) is 3.58. The summed E-state index contributed by atoms with van der Waals surface area (Å²) in [5, 5.41) is 8.25. The van der Waals surface area contributed by atoms with Crippen molar-refractivity contribution in [1.29, 1.82) is 0 Å². The Morgan fingerprint density at radius 2 is 2.00 bits per heavy atom. The Morgan fingerprint density at radius 3 is 2.62 bits per heavy atom. The first-order valence-electron chi connectivity index (χ1n) is 10.3. The lowest BCUT2D eigenvalue weighted by Gasteiger charge is -2.21. The summed E-state index contributed by atoms with van der Waals surface area (Å²) in [7, 11) is -7.72. The van der Waals surface area contributed by atoms with Crippen LogP contribution in [-0.4, -0.2) is 61.0 Å². The smallest absolute Gasteiger partial charge is 0.340 e. The molecule has 0 amide bonds. The third-order valence-corrected chi connectivity index (χ3v) is 9.07. The van der Waals surface area contributed by atoms with E-state index in [-0.39, 0.29) is 12.5 Å². The average Bonchev–Trinajstić information content (AvgIpc) is 3.32. The topological polar surface area (TPSA) is 156 Å². The summed E-state index contributed by atoms with van der Waals surface area (Å²) in [6.07, 6.45) is 6.10. The molecule has 32 heavy (non-hydrogen) atoms. The van der Waals surface area contributed by atoms with Crippen LogP contribution in [0, 0.1) is 0 Å². The number of methoxy groups -OCH3 is 1. The van der Waals surface area contributed by atoms with Gasteiger partial charge in [0.15, 0.2) is 11.1 Å². The molecule has 1 aliphatic carbocycles. The second-order valence-corrected chi connectivity index (χ2v) is 12.5. The highest BCUT2D eigenvalue weighted by Crippen LogP contribution is 2.55. The molecule has 11 nitrogen and oxygen atoms in total. The van der Waals surface area contributed by atoms with Crippen molar-refractivity contribution in [2.24, 2.45) is 0 Å². The van der Waals surface area contributed by atoms with Gasteiger partial charge < -0.3 is 29.3 Å². The fourth-order valence-corrected chi connectivity index (χ4v) is 6.69. The largest absolute Gasteiger partial charge is 0.380 e. The van der Waals surface area contributed by atoms with Gasteiger partial charge in [-0.1, -0.05) is 31.4 Å². The van der Waals surface area contributed by atoms with Crippen LogP contribution in [0.25, 0.3) is 5.52 Å². The van der Waals surface area contributed by atoms with E-state index < -0.39 is 27.2 Å². The Hall–Kier alpha value is -1.03. The van der Waals surface area contributed by atoms with Gasteiger partial charge in [-0.15, -0.1) is 0 Å². The van der Waals surface area contributed by atoms with Crippen molar-refractivity contribution in [3.63, 3.8) is 0 Å². The number of nitrogens with zero attached hydrogens (tertiary/aromatic N) is 3. The van der Waals surface area contributed by atoms with Crippen molar-refractivity contribution < 1.29 is 33.1 Å². The summed E-state index contributed by atoms with van der Waals surface area (Å²) in [4.78, 5) is 32.0. The molecule has 1 saturated carbocycles. The maximum absolute atomic E-state index is 11.9. The Bertz CT molecular complexity index is 1020. The van der Waals surface area contributed by atoms with E-state index in [0.717, 1.165) is 24.0 Å². The van der Waals surface area contributed by atoms with Crippen molar-refractivity contribution in [1.82, 2.24) is 14.6 Å². The van der Waals surface area contributed by atoms with Gasteiger partial charge in [0.1, 0.15) is 11.3 Å². The van der Waals surface area contributed by atoms with Gasteiger partial charge in [-0.2, -0.15) is 5.10 Å². The summed E-state index contributed by atoms with van der Waals surface area (Å²) in [6, 6.07) is 2.18. The van der Waals surface area contributed by atoms with E-state index in [9.17, 15) is 14.0 Å². The number of imidazole rings is 1. The first kappa shape index (κ1) is 25.6. The van der Waals surface area contributed by atoms with Crippen LogP contribution < -0.4 is 5.32 Å². The monoisotopic (exact) mass is 510 g/mol. The second-order valence-electron chi connectivity index (χ2n) is 8.15. The zero-order valence-corrected chi connectivity index (χ0v) is 20.5. The lowest BCUT2D eigenvalue weighted by Crippen LogP contribution is -2.21. The fourth-order valence-electron chi connectivity index (χ4n) is 3.91. The van der Waals surface area contributed by atoms with Crippen molar-refractivity contribution in [2.75, 3.05) is 24.9 Å². The highest BCUT2D eigenvalue weighted by molar-refractivity contribution is 7.70. The molecule has 0 spiro atoms. The molecule has 0 radical (unpaired) electrons. The van der Waals surface area contributed by atoms with E-state index in [1.165, 1.54) is 20.0 Å². The molecule has 3 rings (SSSR count). The average molecular weight is 511 g/mol. The molecule has 4 N–H and O–H groups in total. The molecule has 1 fully saturated rings. The number of hydrogen-bond donors (Lipinski definition) is 4. The maximum atomic E-state index is 11.9. The van der Waals surface area contributed by atoms with Crippen LogP contribution in [-0.2, 0) is 18.4 Å². The first-order chi connectivity index (χ1) is 15.0. The number of rotatable bonds is 11. The van der Waals surface area contributed by atoms with Crippen LogP contribution in [0.4, 0.5) is 5.69 Å². The van der Waals surface area contributed by atoms with Crippen LogP contribution in [0.2, 0.25) is 5.15 Å². The minimum Gasteiger partial charge on any atom is -0.380 e. The Balaban J connectivity index is 1.71. The van der Waals surface area contributed by atoms with Crippen molar-refractivity contribution in [3.8, 4) is 0 Å². The third kappa shape index (κ3) is 6.98. The number of halogens is 1. The summed E-state index contributed by atoms with van der Waals surface area (Å²) in [5.41, 5.74) is 1.67. The summed E-state index contributed by atoms with van der Waals surface area (Å²) < 4.78 is 34.8.